The number of rotatable bonds is 2. The molecule has 0 saturated heterocycles. The second-order valence-corrected chi connectivity index (χ2v) is 5.43. The van der Waals surface area contributed by atoms with E-state index in [4.69, 9.17) is 0 Å². The number of hydrogen-bond acceptors (Lipinski definition) is 2. The Hall–Kier alpha value is -2.16. The zero-order chi connectivity index (χ0) is 12.8. The quantitative estimate of drug-likeness (QED) is 0.817. The van der Waals surface area contributed by atoms with Crippen molar-refractivity contribution in [3.8, 4) is 11.3 Å². The molecule has 2 unspecified atom stereocenters. The molecule has 94 valence electrons. The van der Waals surface area contributed by atoms with Gasteiger partial charge in [0.15, 0.2) is 0 Å². The van der Waals surface area contributed by atoms with Crippen molar-refractivity contribution in [2.75, 3.05) is 0 Å². The fourth-order valence-electron chi connectivity index (χ4n) is 2.55. The molecular formula is C16H15N3. The maximum Gasteiger partial charge on any atom is 0.113 e. The minimum absolute atomic E-state index is 0.729. The lowest BCUT2D eigenvalue weighted by Crippen LogP contribution is -1.98. The number of aromatic nitrogens is 3. The zero-order valence-electron chi connectivity index (χ0n) is 10.8. The van der Waals surface area contributed by atoms with E-state index in [2.05, 4.69) is 59.7 Å². The van der Waals surface area contributed by atoms with Gasteiger partial charge in [-0.1, -0.05) is 47.2 Å². The van der Waals surface area contributed by atoms with E-state index in [1.165, 1.54) is 12.0 Å². The molecule has 0 radical (unpaired) electrons. The lowest BCUT2D eigenvalue weighted by atomic mass is 10.1. The maximum atomic E-state index is 4.27. The normalized spacial score (nSPS) is 23.9. The number of aryl methyl sites for hydroxylation is 1. The molecule has 1 aromatic carbocycles. The van der Waals surface area contributed by atoms with Crippen LogP contribution in [0.4, 0.5) is 0 Å². The highest BCUT2D eigenvalue weighted by Crippen LogP contribution is 2.44. The molecular weight excluding hydrogens is 234 g/mol. The minimum atomic E-state index is 0.729. The highest BCUT2D eigenvalue weighted by Gasteiger charge is 2.35. The number of hydrogen-bond donors (Lipinski definition) is 0. The van der Waals surface area contributed by atoms with Gasteiger partial charge < -0.3 is 0 Å². The molecule has 0 spiro atoms. The van der Waals surface area contributed by atoms with E-state index in [-0.39, 0.29) is 0 Å². The van der Waals surface area contributed by atoms with E-state index in [1.807, 2.05) is 10.9 Å². The molecule has 1 saturated carbocycles. The molecule has 1 heterocycles. The molecule has 0 bridgehead atoms. The van der Waals surface area contributed by atoms with Crippen molar-refractivity contribution in [2.24, 2.45) is 11.8 Å². The van der Waals surface area contributed by atoms with Crippen molar-refractivity contribution in [1.82, 2.24) is 15.0 Å². The average Bonchev–Trinajstić information content (AvgIpc) is 3.05. The van der Waals surface area contributed by atoms with E-state index in [1.54, 1.807) is 0 Å². The average molecular weight is 249 g/mol. The van der Waals surface area contributed by atoms with Crippen LogP contribution in [-0.4, -0.2) is 15.0 Å². The van der Waals surface area contributed by atoms with Crippen LogP contribution in [0.2, 0.25) is 0 Å². The molecule has 1 aromatic heterocycles. The molecule has 0 aliphatic heterocycles. The van der Waals surface area contributed by atoms with Gasteiger partial charge in [-0.05, 0) is 31.3 Å². The first-order valence-corrected chi connectivity index (χ1v) is 6.69. The van der Waals surface area contributed by atoms with Crippen molar-refractivity contribution < 1.29 is 0 Å². The lowest BCUT2D eigenvalue weighted by molar-refractivity contribution is 0.812. The van der Waals surface area contributed by atoms with Crippen molar-refractivity contribution in [3.63, 3.8) is 0 Å². The molecule has 0 N–H and O–H groups in total. The summed E-state index contributed by atoms with van der Waals surface area (Å²) < 4.78 is 1.88. The third-order valence-electron chi connectivity index (χ3n) is 3.90. The first-order valence-electron chi connectivity index (χ1n) is 6.69. The Morgan fingerprint density at radius 1 is 1.16 bits per heavy atom. The molecule has 19 heavy (non-hydrogen) atoms. The van der Waals surface area contributed by atoms with Gasteiger partial charge in [0.2, 0.25) is 0 Å². The molecule has 3 nitrogen and oxygen atoms in total. The third kappa shape index (κ3) is 1.91. The van der Waals surface area contributed by atoms with Crippen LogP contribution in [-0.2, 0) is 0 Å². The van der Waals surface area contributed by atoms with Crippen LogP contribution in [0.15, 0.2) is 48.7 Å². The highest BCUT2D eigenvalue weighted by molar-refractivity contribution is 5.63. The van der Waals surface area contributed by atoms with Gasteiger partial charge in [-0.15, -0.1) is 5.10 Å². The Bertz CT molecular complexity index is 676. The summed E-state index contributed by atoms with van der Waals surface area (Å²) >= 11 is 0. The Balaban J connectivity index is 1.66. The fourth-order valence-corrected chi connectivity index (χ4v) is 2.55. The largest absolute Gasteiger partial charge is 0.220 e. The summed E-state index contributed by atoms with van der Waals surface area (Å²) in [6.07, 6.45) is 10.0. The molecule has 1 fully saturated rings. The second kappa shape index (κ2) is 3.92. The summed E-state index contributed by atoms with van der Waals surface area (Å²) in [5, 5.41) is 8.51. The maximum absolute atomic E-state index is 4.27. The standard InChI is InChI=1S/C16H15N3/c1-11-2-4-12(5-3-11)16-10-19(18-17-16)15-7-6-13-8-14(13)9-15/h2-7,9-10,13-14H,8H2,1H3. The van der Waals surface area contributed by atoms with Crippen LogP contribution >= 0.6 is 0 Å². The van der Waals surface area contributed by atoms with E-state index in [0.717, 1.165) is 28.8 Å². The third-order valence-corrected chi connectivity index (χ3v) is 3.90. The second-order valence-electron chi connectivity index (χ2n) is 5.43. The zero-order valence-corrected chi connectivity index (χ0v) is 10.8. The van der Waals surface area contributed by atoms with Crippen molar-refractivity contribution in [3.05, 3.63) is 54.3 Å². The van der Waals surface area contributed by atoms with Crippen LogP contribution in [0.3, 0.4) is 0 Å². The minimum Gasteiger partial charge on any atom is -0.220 e. The van der Waals surface area contributed by atoms with E-state index >= 15 is 0 Å². The molecule has 2 aromatic rings. The summed E-state index contributed by atoms with van der Waals surface area (Å²) in [6.45, 7) is 2.09. The molecule has 4 rings (SSSR count). The smallest absolute Gasteiger partial charge is 0.113 e. The van der Waals surface area contributed by atoms with Gasteiger partial charge in [0, 0.05) is 5.56 Å². The Labute approximate surface area is 112 Å². The predicted octanol–water partition coefficient (Wildman–Crippen LogP) is 3.30. The van der Waals surface area contributed by atoms with E-state index in [0.29, 0.717) is 0 Å². The van der Waals surface area contributed by atoms with Crippen molar-refractivity contribution >= 4 is 5.70 Å². The first-order chi connectivity index (χ1) is 9.29. The van der Waals surface area contributed by atoms with E-state index in [9.17, 15) is 0 Å². The summed E-state index contributed by atoms with van der Waals surface area (Å²) in [4.78, 5) is 0. The van der Waals surface area contributed by atoms with Gasteiger partial charge in [-0.2, -0.15) is 0 Å². The Morgan fingerprint density at radius 3 is 2.79 bits per heavy atom. The molecule has 2 atom stereocenters. The summed E-state index contributed by atoms with van der Waals surface area (Å²) in [5.41, 5.74) is 4.44. The van der Waals surface area contributed by atoms with Gasteiger partial charge >= 0.3 is 0 Å². The van der Waals surface area contributed by atoms with Crippen LogP contribution in [0.25, 0.3) is 17.0 Å². The Morgan fingerprint density at radius 2 is 2.00 bits per heavy atom. The van der Waals surface area contributed by atoms with Crippen LogP contribution in [0.5, 0.6) is 0 Å². The molecule has 0 amide bonds. The van der Waals surface area contributed by atoms with Crippen LogP contribution < -0.4 is 0 Å². The predicted molar refractivity (Wildman–Crippen MR) is 75.2 cm³/mol. The molecule has 3 heteroatoms. The topological polar surface area (TPSA) is 30.7 Å². The van der Waals surface area contributed by atoms with Gasteiger partial charge in [0.05, 0.1) is 11.9 Å². The summed E-state index contributed by atoms with van der Waals surface area (Å²) in [5.74, 6) is 1.51. The highest BCUT2D eigenvalue weighted by atomic mass is 15.4. The van der Waals surface area contributed by atoms with Gasteiger partial charge in [-0.3, -0.25) is 0 Å². The van der Waals surface area contributed by atoms with Crippen molar-refractivity contribution in [1.29, 1.82) is 0 Å². The lowest BCUT2D eigenvalue weighted by Gasteiger charge is -2.04. The Kier molecular flexibility index (Phi) is 2.21. The monoisotopic (exact) mass is 249 g/mol. The summed E-state index contributed by atoms with van der Waals surface area (Å²) in [6, 6.07) is 8.38. The number of nitrogens with zero attached hydrogens (tertiary/aromatic N) is 3. The van der Waals surface area contributed by atoms with E-state index < -0.39 is 0 Å². The van der Waals surface area contributed by atoms with Gasteiger partial charge in [0.25, 0.3) is 0 Å². The number of fused-ring (bicyclic) bond motifs is 1. The molecule has 2 aliphatic rings. The van der Waals surface area contributed by atoms with Crippen LogP contribution in [0.1, 0.15) is 12.0 Å². The van der Waals surface area contributed by atoms with Gasteiger partial charge in [-0.25, -0.2) is 4.68 Å². The summed E-state index contributed by atoms with van der Waals surface area (Å²) in [7, 11) is 0. The number of allylic oxidation sites excluding steroid dienone is 4. The molecule has 2 aliphatic carbocycles. The first kappa shape index (κ1) is 10.7. The number of benzene rings is 1. The SMILES string of the molecule is Cc1ccc(-c2cn(C3=CC4CC4C=C3)nn2)cc1. The van der Waals surface area contributed by atoms with Gasteiger partial charge in [0.1, 0.15) is 5.69 Å². The fraction of sp³-hybridized carbons (Fsp3) is 0.250. The van der Waals surface area contributed by atoms with Crippen LogP contribution in [0, 0.1) is 18.8 Å². The van der Waals surface area contributed by atoms with Crippen molar-refractivity contribution in [2.45, 2.75) is 13.3 Å².